The average molecular weight is 355 g/mol. The first-order chi connectivity index (χ1) is 13.1. The summed E-state index contributed by atoms with van der Waals surface area (Å²) in [5.74, 6) is 6.21. The van der Waals surface area contributed by atoms with Gasteiger partial charge in [-0.05, 0) is 60.7 Å². The molecule has 2 aliphatic rings. The second kappa shape index (κ2) is 5.58. The van der Waals surface area contributed by atoms with Crippen LogP contribution in [0.1, 0.15) is 22.8 Å². The van der Waals surface area contributed by atoms with E-state index in [0.29, 0.717) is 11.4 Å². The molecule has 27 heavy (non-hydrogen) atoms. The summed E-state index contributed by atoms with van der Waals surface area (Å²) in [5.41, 5.74) is 4.66. The van der Waals surface area contributed by atoms with Crippen molar-refractivity contribution in [2.45, 2.75) is 0 Å². The van der Waals surface area contributed by atoms with Gasteiger partial charge >= 0.3 is 0 Å². The molecular weight excluding hydrogens is 338 g/mol. The molecule has 1 fully saturated rings. The number of hydrogen-bond donors (Lipinski definition) is 6. The smallest absolute Gasteiger partial charge is 0.106 e. The molecule has 7 nitrogen and oxygen atoms in total. The minimum atomic E-state index is 0.0973. The number of rotatable bonds is 0. The molecule has 5 rings (SSSR count). The van der Waals surface area contributed by atoms with Crippen LogP contribution in [0.15, 0.2) is 47.8 Å². The Kier molecular flexibility index (Phi) is 3.19. The number of allylic oxidation sites excluding steroid dienone is 2. The molecule has 3 aromatic heterocycles. The van der Waals surface area contributed by atoms with Crippen LogP contribution >= 0.6 is 0 Å². The van der Waals surface area contributed by atoms with E-state index in [2.05, 4.69) is 15.0 Å². The van der Waals surface area contributed by atoms with Gasteiger partial charge in [0, 0.05) is 33.5 Å². The summed E-state index contributed by atoms with van der Waals surface area (Å²) < 4.78 is 0. The maximum Gasteiger partial charge on any atom is 0.106 e. The van der Waals surface area contributed by atoms with E-state index in [0.717, 1.165) is 33.5 Å². The van der Waals surface area contributed by atoms with E-state index in [4.69, 9.17) is 16.7 Å². The zero-order valence-electron chi connectivity index (χ0n) is 14.3. The Morgan fingerprint density at radius 2 is 1.00 bits per heavy atom. The van der Waals surface area contributed by atoms with Crippen LogP contribution in [0.25, 0.3) is 24.3 Å². The molecule has 0 saturated carbocycles. The summed E-state index contributed by atoms with van der Waals surface area (Å²) in [7, 11) is 0. The number of nitrogens with one attached hydrogen (secondary N) is 5. The van der Waals surface area contributed by atoms with E-state index in [1.54, 1.807) is 12.2 Å². The zero-order valence-corrected chi connectivity index (χ0v) is 14.3. The average Bonchev–Trinajstić information content (AvgIpc) is 3.40. The molecule has 0 amide bonds. The Morgan fingerprint density at radius 1 is 0.593 bits per heavy atom. The standard InChI is InChI=1S/C20H17N7/c21-19-17-9-15-5-3-13(25-15)7-11-1-2-12(24-11)8-14-4-6-16(26-14)10-18(20(19)22)27(17)23/h1-10,21-22,24-26H,23H2. The highest BCUT2D eigenvalue weighted by atomic mass is 15.4. The lowest BCUT2D eigenvalue weighted by Crippen LogP contribution is -2.25. The molecule has 0 atom stereocenters. The van der Waals surface area contributed by atoms with Gasteiger partial charge in [0.25, 0.3) is 0 Å². The summed E-state index contributed by atoms with van der Waals surface area (Å²) in [4.78, 5) is 9.96. The van der Waals surface area contributed by atoms with Gasteiger partial charge in [-0.2, -0.15) is 0 Å². The predicted octanol–water partition coefficient (Wildman–Crippen LogP) is 1.25. The van der Waals surface area contributed by atoms with Crippen LogP contribution < -0.4 is 16.5 Å². The van der Waals surface area contributed by atoms with E-state index < -0.39 is 0 Å². The number of aromatic amines is 3. The van der Waals surface area contributed by atoms with Gasteiger partial charge in [-0.1, -0.05) is 0 Å². The SMILES string of the molecule is N=C1C(=N)C2=Cc3ccc([nH]3)C=c3ccc([nH]3)=Cc3ccc([nH]3)C=C1N2N. The van der Waals surface area contributed by atoms with Crippen LogP contribution in [0.5, 0.6) is 0 Å². The van der Waals surface area contributed by atoms with Crippen molar-refractivity contribution < 1.29 is 0 Å². The normalized spacial score (nSPS) is 16.0. The monoisotopic (exact) mass is 355 g/mol. The van der Waals surface area contributed by atoms with Gasteiger partial charge in [0.2, 0.25) is 0 Å². The molecule has 0 spiro atoms. The first kappa shape index (κ1) is 15.4. The Bertz CT molecular complexity index is 1180. The van der Waals surface area contributed by atoms with Gasteiger partial charge in [0.15, 0.2) is 0 Å². The molecule has 3 aromatic rings. The Hall–Kier alpha value is -3.84. The van der Waals surface area contributed by atoms with E-state index in [1.165, 1.54) is 5.01 Å². The number of nitrogens with two attached hydrogens (primary N) is 1. The predicted molar refractivity (Wildman–Crippen MR) is 106 cm³/mol. The van der Waals surface area contributed by atoms with Crippen LogP contribution in [0.3, 0.4) is 0 Å². The first-order valence-corrected chi connectivity index (χ1v) is 8.50. The fourth-order valence-electron chi connectivity index (χ4n) is 3.33. The first-order valence-electron chi connectivity index (χ1n) is 8.50. The second-order valence-electron chi connectivity index (χ2n) is 6.57. The van der Waals surface area contributed by atoms with Gasteiger partial charge in [-0.25, -0.2) is 5.84 Å². The molecule has 2 aliphatic heterocycles. The third kappa shape index (κ3) is 2.57. The van der Waals surface area contributed by atoms with Crippen LogP contribution in [-0.4, -0.2) is 31.4 Å². The van der Waals surface area contributed by atoms with E-state index in [-0.39, 0.29) is 11.4 Å². The lowest BCUT2D eigenvalue weighted by atomic mass is 10.2. The third-order valence-electron chi connectivity index (χ3n) is 4.68. The molecule has 8 bridgehead atoms. The Labute approximate surface area is 154 Å². The molecular formula is C20H17N7. The number of H-pyrrole nitrogens is 3. The number of hydrazine groups is 1. The summed E-state index contributed by atoms with van der Waals surface area (Å²) in [5, 5.41) is 19.9. The molecule has 132 valence electrons. The maximum atomic E-state index is 8.27. The lowest BCUT2D eigenvalue weighted by Gasteiger charge is -2.13. The van der Waals surface area contributed by atoms with Crippen LogP contribution in [0.4, 0.5) is 0 Å². The van der Waals surface area contributed by atoms with Crippen LogP contribution in [0.2, 0.25) is 0 Å². The van der Waals surface area contributed by atoms with Crippen molar-refractivity contribution >= 4 is 35.7 Å². The van der Waals surface area contributed by atoms with Crippen molar-refractivity contribution in [2.24, 2.45) is 5.84 Å². The lowest BCUT2D eigenvalue weighted by molar-refractivity contribution is 0.514. The van der Waals surface area contributed by atoms with Crippen molar-refractivity contribution in [3.8, 4) is 0 Å². The summed E-state index contributed by atoms with van der Waals surface area (Å²) in [6.45, 7) is 0. The van der Waals surface area contributed by atoms with Crippen molar-refractivity contribution in [3.63, 3.8) is 0 Å². The minimum absolute atomic E-state index is 0.0973. The van der Waals surface area contributed by atoms with Gasteiger partial charge in [-0.15, -0.1) is 0 Å². The van der Waals surface area contributed by atoms with Crippen molar-refractivity contribution in [2.75, 3.05) is 0 Å². The highest BCUT2D eigenvalue weighted by molar-refractivity contribution is 6.55. The molecule has 7 heteroatoms. The quantitative estimate of drug-likeness (QED) is 0.340. The number of aromatic nitrogens is 3. The highest BCUT2D eigenvalue weighted by Crippen LogP contribution is 2.25. The van der Waals surface area contributed by atoms with Crippen molar-refractivity contribution in [1.82, 2.24) is 20.0 Å². The van der Waals surface area contributed by atoms with E-state index in [1.807, 2.05) is 48.6 Å². The molecule has 0 unspecified atom stereocenters. The largest absolute Gasteiger partial charge is 0.355 e. The van der Waals surface area contributed by atoms with Gasteiger partial charge in [0.05, 0.1) is 11.4 Å². The number of fused-ring (bicyclic) bond motifs is 8. The van der Waals surface area contributed by atoms with Crippen molar-refractivity contribution in [1.29, 1.82) is 10.8 Å². The van der Waals surface area contributed by atoms with Gasteiger partial charge < -0.3 is 15.0 Å². The fourth-order valence-corrected chi connectivity index (χ4v) is 3.33. The molecule has 0 aliphatic carbocycles. The Balaban J connectivity index is 1.77. The number of nitrogens with zero attached hydrogens (tertiary/aromatic N) is 1. The van der Waals surface area contributed by atoms with Crippen LogP contribution in [0, 0.1) is 10.8 Å². The van der Waals surface area contributed by atoms with Crippen LogP contribution in [-0.2, 0) is 0 Å². The molecule has 0 radical (unpaired) electrons. The topological polar surface area (TPSA) is 124 Å². The minimum Gasteiger partial charge on any atom is -0.355 e. The second-order valence-corrected chi connectivity index (χ2v) is 6.57. The summed E-state index contributed by atoms with van der Waals surface area (Å²) in [6, 6.07) is 11.8. The maximum absolute atomic E-state index is 8.27. The Morgan fingerprint density at radius 3 is 1.44 bits per heavy atom. The third-order valence-corrected chi connectivity index (χ3v) is 4.68. The fraction of sp³-hybridized carbons (Fsp3) is 0. The molecule has 0 aromatic carbocycles. The van der Waals surface area contributed by atoms with E-state index in [9.17, 15) is 0 Å². The highest BCUT2D eigenvalue weighted by Gasteiger charge is 2.31. The van der Waals surface area contributed by atoms with Gasteiger partial charge in [0.1, 0.15) is 11.4 Å². The molecule has 5 heterocycles. The summed E-state index contributed by atoms with van der Waals surface area (Å²) in [6.07, 6.45) is 7.60. The number of hydrogen-bond acceptors (Lipinski definition) is 4. The van der Waals surface area contributed by atoms with Gasteiger partial charge in [-0.3, -0.25) is 15.8 Å². The van der Waals surface area contributed by atoms with Crippen molar-refractivity contribution in [3.05, 3.63) is 81.3 Å². The molecule has 7 N–H and O–H groups in total. The molecule has 1 saturated heterocycles. The summed E-state index contributed by atoms with van der Waals surface area (Å²) >= 11 is 0. The van der Waals surface area contributed by atoms with E-state index >= 15 is 0 Å². The zero-order chi connectivity index (χ0) is 18.5.